The summed E-state index contributed by atoms with van der Waals surface area (Å²) in [5.41, 5.74) is 8.90. The summed E-state index contributed by atoms with van der Waals surface area (Å²) in [6.07, 6.45) is 0. The van der Waals surface area contributed by atoms with E-state index in [2.05, 4.69) is 102 Å². The lowest BCUT2D eigenvalue weighted by molar-refractivity contribution is 0.797. The van der Waals surface area contributed by atoms with E-state index in [9.17, 15) is 0 Å². The molecule has 1 aliphatic heterocycles. The molecule has 0 aromatic heterocycles. The molecule has 0 saturated carbocycles. The zero-order valence-corrected chi connectivity index (χ0v) is 21.8. The van der Waals surface area contributed by atoms with E-state index in [0.29, 0.717) is 23.7 Å². The molecule has 0 aliphatic carbocycles. The Morgan fingerprint density at radius 2 is 0.774 bits per heavy atom. The number of para-hydroxylation sites is 2. The summed E-state index contributed by atoms with van der Waals surface area (Å²) in [5, 5.41) is 0. The molecule has 1 heterocycles. The van der Waals surface area contributed by atoms with Crippen LogP contribution in [0, 0.1) is 0 Å². The molecule has 31 heavy (non-hydrogen) atoms. The summed E-state index contributed by atoms with van der Waals surface area (Å²) >= 11 is 0. The maximum absolute atomic E-state index is 2.63. The number of benzene rings is 2. The zero-order valence-electron chi connectivity index (χ0n) is 21.8. The Labute approximate surface area is 192 Å². The van der Waals surface area contributed by atoms with E-state index in [-0.39, 0.29) is 0 Å². The van der Waals surface area contributed by atoms with Crippen LogP contribution in [0.3, 0.4) is 0 Å². The van der Waals surface area contributed by atoms with Crippen LogP contribution in [0.25, 0.3) is 0 Å². The third-order valence-electron chi connectivity index (χ3n) is 6.30. The van der Waals surface area contributed by atoms with Crippen molar-refractivity contribution in [2.24, 2.45) is 0 Å². The summed E-state index contributed by atoms with van der Waals surface area (Å²) in [6.45, 7) is 25.7. The number of anilines is 2. The molecule has 2 aromatic carbocycles. The van der Waals surface area contributed by atoms with Gasteiger partial charge in [0.2, 0.25) is 0 Å². The second-order valence-corrected chi connectivity index (χ2v) is 9.86. The Morgan fingerprint density at radius 3 is 1.00 bits per heavy atom. The molecular formula is C29H46N2. The molecule has 0 atom stereocenters. The van der Waals surface area contributed by atoms with E-state index < -0.39 is 0 Å². The summed E-state index contributed by atoms with van der Waals surface area (Å²) in [4.78, 5) is 5.26. The molecular weight excluding hydrogens is 376 g/mol. The number of hydrogen-bond donors (Lipinski definition) is 0. The highest BCUT2D eigenvalue weighted by atomic mass is 15.4. The van der Waals surface area contributed by atoms with Crippen molar-refractivity contribution in [1.29, 1.82) is 0 Å². The van der Waals surface area contributed by atoms with Gasteiger partial charge < -0.3 is 9.80 Å². The predicted octanol–water partition coefficient (Wildman–Crippen LogP) is 8.49. The SMILES string of the molecule is CC.CC(C)c1cccc(C(C)C)c1N1CCN(c2c(C(C)C)cccc2C(C)C)C1. The number of hydrogen-bond acceptors (Lipinski definition) is 2. The van der Waals surface area contributed by atoms with Gasteiger partial charge in [-0.15, -0.1) is 0 Å². The lowest BCUT2D eigenvalue weighted by Crippen LogP contribution is -2.28. The molecule has 2 heteroatoms. The highest BCUT2D eigenvalue weighted by Gasteiger charge is 2.29. The van der Waals surface area contributed by atoms with Crippen LogP contribution in [0.4, 0.5) is 11.4 Å². The minimum Gasteiger partial charge on any atom is -0.352 e. The quantitative estimate of drug-likeness (QED) is 0.460. The first-order valence-corrected chi connectivity index (χ1v) is 12.5. The Bertz CT molecular complexity index is 711. The molecule has 3 rings (SSSR count). The van der Waals surface area contributed by atoms with Crippen LogP contribution < -0.4 is 9.80 Å². The normalized spacial score (nSPS) is 14.1. The zero-order chi connectivity index (χ0) is 23.3. The third-order valence-corrected chi connectivity index (χ3v) is 6.30. The van der Waals surface area contributed by atoms with Crippen LogP contribution in [-0.2, 0) is 0 Å². The third kappa shape index (κ3) is 5.45. The van der Waals surface area contributed by atoms with Gasteiger partial charge in [0.05, 0.1) is 6.67 Å². The lowest BCUT2D eigenvalue weighted by atomic mass is 9.92. The highest BCUT2D eigenvalue weighted by molar-refractivity contribution is 5.68. The Hall–Kier alpha value is -1.96. The maximum Gasteiger partial charge on any atom is 0.0904 e. The van der Waals surface area contributed by atoms with Gasteiger partial charge in [-0.05, 0) is 45.9 Å². The summed E-state index contributed by atoms with van der Waals surface area (Å²) < 4.78 is 0. The van der Waals surface area contributed by atoms with Gasteiger partial charge >= 0.3 is 0 Å². The van der Waals surface area contributed by atoms with Crippen molar-refractivity contribution >= 4 is 11.4 Å². The molecule has 2 nitrogen and oxygen atoms in total. The van der Waals surface area contributed by atoms with E-state index in [1.165, 1.54) is 33.6 Å². The van der Waals surface area contributed by atoms with Gasteiger partial charge in [0, 0.05) is 24.5 Å². The van der Waals surface area contributed by atoms with Gasteiger partial charge in [-0.25, -0.2) is 0 Å². The Morgan fingerprint density at radius 1 is 0.516 bits per heavy atom. The van der Waals surface area contributed by atoms with Crippen molar-refractivity contribution in [3.05, 3.63) is 58.7 Å². The molecule has 0 N–H and O–H groups in total. The maximum atomic E-state index is 2.63. The molecule has 0 spiro atoms. The standard InChI is InChI=1S/C27H40N2.C2H6/c1-18(2)22-11-9-12-23(19(3)4)26(22)28-15-16-29(17-28)27-24(20(5)6)13-10-14-25(27)21(7)8;1-2/h9-14,18-21H,15-17H2,1-8H3;1-2H3. The lowest BCUT2D eigenvalue weighted by Gasteiger charge is -2.31. The monoisotopic (exact) mass is 422 g/mol. The molecule has 172 valence electrons. The molecule has 0 amide bonds. The van der Waals surface area contributed by atoms with E-state index in [0.717, 1.165) is 19.8 Å². The van der Waals surface area contributed by atoms with Gasteiger partial charge in [-0.1, -0.05) is 106 Å². The largest absolute Gasteiger partial charge is 0.352 e. The van der Waals surface area contributed by atoms with Gasteiger partial charge in [0.25, 0.3) is 0 Å². The summed E-state index contributed by atoms with van der Waals surface area (Å²) in [5.74, 6) is 2.14. The molecule has 1 fully saturated rings. The predicted molar refractivity (Wildman–Crippen MR) is 140 cm³/mol. The van der Waals surface area contributed by atoms with Crippen LogP contribution in [0.1, 0.15) is 115 Å². The van der Waals surface area contributed by atoms with Gasteiger partial charge in [0.15, 0.2) is 0 Å². The van der Waals surface area contributed by atoms with Crippen molar-refractivity contribution in [2.75, 3.05) is 29.6 Å². The number of rotatable bonds is 6. The molecule has 0 unspecified atom stereocenters. The topological polar surface area (TPSA) is 6.48 Å². The van der Waals surface area contributed by atoms with E-state index in [4.69, 9.17) is 0 Å². The fraction of sp³-hybridized carbons (Fsp3) is 0.586. The van der Waals surface area contributed by atoms with Crippen LogP contribution >= 0.6 is 0 Å². The second kappa shape index (κ2) is 11.1. The van der Waals surface area contributed by atoms with E-state index >= 15 is 0 Å². The molecule has 0 radical (unpaired) electrons. The van der Waals surface area contributed by atoms with Crippen molar-refractivity contribution in [3.8, 4) is 0 Å². The van der Waals surface area contributed by atoms with Crippen LogP contribution in [0.5, 0.6) is 0 Å². The molecule has 2 aromatic rings. The fourth-order valence-electron chi connectivity index (χ4n) is 4.71. The summed E-state index contributed by atoms with van der Waals surface area (Å²) in [6, 6.07) is 13.8. The average molecular weight is 423 g/mol. The first-order chi connectivity index (χ1) is 14.7. The second-order valence-electron chi connectivity index (χ2n) is 9.86. The minimum absolute atomic E-state index is 0.534. The first-order valence-electron chi connectivity index (χ1n) is 12.5. The van der Waals surface area contributed by atoms with Crippen molar-refractivity contribution < 1.29 is 0 Å². The van der Waals surface area contributed by atoms with Gasteiger partial charge in [-0.2, -0.15) is 0 Å². The number of nitrogens with zero attached hydrogens (tertiary/aromatic N) is 2. The van der Waals surface area contributed by atoms with E-state index in [1.807, 2.05) is 13.8 Å². The molecule has 1 aliphatic rings. The van der Waals surface area contributed by atoms with Crippen molar-refractivity contribution in [1.82, 2.24) is 0 Å². The van der Waals surface area contributed by atoms with Gasteiger partial charge in [-0.3, -0.25) is 0 Å². The van der Waals surface area contributed by atoms with Gasteiger partial charge in [0.1, 0.15) is 0 Å². The van der Waals surface area contributed by atoms with Crippen molar-refractivity contribution in [3.63, 3.8) is 0 Å². The summed E-state index contributed by atoms with van der Waals surface area (Å²) in [7, 11) is 0. The van der Waals surface area contributed by atoms with Crippen LogP contribution in [-0.4, -0.2) is 19.8 Å². The first kappa shape index (κ1) is 25.3. The molecule has 1 saturated heterocycles. The van der Waals surface area contributed by atoms with E-state index in [1.54, 1.807) is 0 Å². The molecule has 0 bridgehead atoms. The Kier molecular flexibility index (Phi) is 9.03. The minimum atomic E-state index is 0.534. The fourth-order valence-corrected chi connectivity index (χ4v) is 4.71. The highest BCUT2D eigenvalue weighted by Crippen LogP contribution is 2.40. The smallest absolute Gasteiger partial charge is 0.0904 e. The van der Waals surface area contributed by atoms with Crippen molar-refractivity contribution in [2.45, 2.75) is 92.9 Å². The van der Waals surface area contributed by atoms with Crippen LogP contribution in [0.2, 0.25) is 0 Å². The van der Waals surface area contributed by atoms with Crippen LogP contribution in [0.15, 0.2) is 36.4 Å². The Balaban J connectivity index is 0.00000166. The average Bonchev–Trinajstić information content (AvgIpc) is 3.23.